The number of carbonyl (C=O) groups excluding carboxylic acids is 3. The molecule has 5 fully saturated rings. The van der Waals surface area contributed by atoms with E-state index >= 15 is 0 Å². The maximum Gasteiger partial charge on any atom is 1.00 e. The van der Waals surface area contributed by atoms with Gasteiger partial charge in [0, 0.05) is 85.1 Å². The minimum atomic E-state index is -1.43. The van der Waals surface area contributed by atoms with Crippen molar-refractivity contribution < 1.29 is 69.5 Å². The van der Waals surface area contributed by atoms with E-state index in [9.17, 15) is 19.2 Å². The molecule has 6 aliphatic heterocycles. The second-order valence-electron chi connectivity index (χ2n) is 26.6. The number of ketones is 1. The number of thiazole rings is 3. The summed E-state index contributed by atoms with van der Waals surface area (Å²) in [6.07, 6.45) is 10.9. The predicted octanol–water partition coefficient (Wildman–Crippen LogP) is 7.30. The third kappa shape index (κ3) is 21.4. The predicted molar refractivity (Wildman–Crippen MR) is 397 cm³/mol. The van der Waals surface area contributed by atoms with Crippen LogP contribution in [0.2, 0.25) is 0 Å². The van der Waals surface area contributed by atoms with Crippen LogP contribution in [-0.2, 0) is 72.3 Å². The molecule has 5 aromatic heterocycles. The summed E-state index contributed by atoms with van der Waals surface area (Å²) in [5.74, 6) is -0.759. The number of nitrogens with zero attached hydrogens (tertiary/aromatic N) is 10. The standard InChI is InChI=1S/C27H34N6O3S.C18H25N3OS.C18H23N3OS.C10H12N2O3.B.Na.H/c1-3-18-12-20(14-29-25(18)28)30-26(34)27(35)33-15-17(2)4-6-22(33)19-5-7-23-21(13-19)31-24(37-23)16-32-8-10-36-11-9-32;2*1-13-2-4-15(19-11-13)14-3-5-17-16(10-14)20-18(23-17)12-21-6-8-22-9-7-21;1-2-7-3-6(5-12-9(7)11)4-8(13)10(14)15;;;/h5,7,12-14,17,22H,3-4,6,8-11,15-16H2,1-2H3,(H2,28,29)(H,30,34);3,5,10,13,15,19H,2,4,6-9,11-12H2,1H3;3,5,10,13H,2,4,6-9,11-12H2,1H3;3,5H,2,4H2,1H3,(H2,11,12)(H,14,15);;;/q;;;;;+1;-1/t17-,22+;13-,15+;13-;;;;/m000..../s1. The number of aryl methyl sites for hydroxylation is 2. The molecule has 2 amide bonds. The molecule has 6 aliphatic rings. The summed E-state index contributed by atoms with van der Waals surface area (Å²) in [6, 6.07) is 23.6. The number of carboxylic acid groups (broad SMARTS) is 1. The van der Waals surface area contributed by atoms with E-state index in [0.717, 1.165) is 186 Å². The third-order valence-electron chi connectivity index (χ3n) is 18.9. The number of fused-ring (bicyclic) bond motifs is 3. The van der Waals surface area contributed by atoms with Crippen LogP contribution in [-0.4, -0.2) is 186 Å². The van der Waals surface area contributed by atoms with Crippen LogP contribution in [0.5, 0.6) is 0 Å². The molecule has 0 unspecified atom stereocenters. The first-order chi connectivity index (χ1) is 47.5. The summed E-state index contributed by atoms with van der Waals surface area (Å²) in [5.41, 5.74) is 22.3. The van der Waals surface area contributed by atoms with Gasteiger partial charge in [-0.15, -0.1) is 34.0 Å². The number of likely N-dealkylation sites (tertiary alicyclic amines) is 1. The number of rotatable bonds is 15. The van der Waals surface area contributed by atoms with Crippen molar-refractivity contribution in [3.8, 4) is 0 Å². The van der Waals surface area contributed by atoms with Gasteiger partial charge in [-0.25, -0.2) is 29.7 Å². The van der Waals surface area contributed by atoms with Gasteiger partial charge in [0.1, 0.15) is 26.7 Å². The molecule has 3 aromatic carbocycles. The van der Waals surface area contributed by atoms with Crippen LogP contribution in [0.15, 0.2) is 84.1 Å². The zero-order valence-corrected chi connectivity index (χ0v) is 63.2. The summed E-state index contributed by atoms with van der Waals surface area (Å²) in [5, 5.41) is 18.4. The van der Waals surface area contributed by atoms with Crippen LogP contribution in [0.25, 0.3) is 30.6 Å². The van der Waals surface area contributed by atoms with Crippen molar-refractivity contribution in [3.63, 3.8) is 0 Å². The number of morpholine rings is 3. The van der Waals surface area contributed by atoms with E-state index < -0.39 is 23.6 Å². The number of hydrogen-bond acceptors (Lipinski definition) is 22. The molecule has 0 saturated carbocycles. The zero-order chi connectivity index (χ0) is 68.7. The number of aliphatic imine (C=N–C) groups is 1. The number of piperidine rings is 2. The molecule has 5 saturated heterocycles. The van der Waals surface area contributed by atoms with E-state index in [4.69, 9.17) is 50.7 Å². The zero-order valence-electron chi connectivity index (χ0n) is 59.7. The number of Topliss-reactive ketones (excluding diaryl/α,β-unsaturated/α-hetero) is 1. The van der Waals surface area contributed by atoms with Gasteiger partial charge in [0.2, 0.25) is 5.78 Å². The van der Waals surface area contributed by atoms with Crippen molar-refractivity contribution in [2.75, 3.05) is 115 Å². The van der Waals surface area contributed by atoms with Crippen molar-refractivity contribution in [2.45, 2.75) is 124 Å². The number of aromatic nitrogens is 5. The second-order valence-corrected chi connectivity index (χ2v) is 29.9. The van der Waals surface area contributed by atoms with Gasteiger partial charge in [0.05, 0.1) is 108 Å². The van der Waals surface area contributed by atoms with Gasteiger partial charge >= 0.3 is 47.3 Å². The molecule has 3 radical (unpaired) electrons. The molecular formula is C73H95BN14NaO8S3. The van der Waals surface area contributed by atoms with E-state index in [1.807, 2.05) is 36.5 Å². The van der Waals surface area contributed by atoms with Crippen molar-refractivity contribution in [1.29, 1.82) is 0 Å². The fourth-order valence-corrected chi connectivity index (χ4v) is 16.0. The smallest absolute Gasteiger partial charge is 1.00 e. The molecule has 0 aliphatic carbocycles. The summed E-state index contributed by atoms with van der Waals surface area (Å²) in [7, 11) is 0. The SMILES string of the molecule is CCc1cc(CC(=O)C(=O)O)cnc1N.CCc1cc(NC(=O)C(=O)N2C[C@@H](C)CC[C@@H]2c2ccc3sc(CN4CCOCC4)nc3c2)cnc1N.C[C@H]1CCC(c2ccc3sc(CN4CCOCC4)nc3c2)=NC1.C[C@H]1CC[C@H](c2ccc3sc(CN4CCOCC4)nc3c2)NC1.[B].[H-].[Na+]. The number of carboxylic acids is 1. The largest absolute Gasteiger partial charge is 1.00 e. The van der Waals surface area contributed by atoms with Gasteiger partial charge in [-0.3, -0.25) is 34.1 Å². The van der Waals surface area contributed by atoms with Gasteiger partial charge in [-0.05, 0) is 152 Å². The molecule has 22 nitrogen and oxygen atoms in total. The van der Waals surface area contributed by atoms with Gasteiger partial charge in [0.25, 0.3) is 0 Å². The number of benzene rings is 3. The first-order valence-electron chi connectivity index (χ1n) is 34.7. The van der Waals surface area contributed by atoms with Crippen LogP contribution in [0.1, 0.15) is 135 Å². The Hall–Kier alpha value is -6.24. The number of anilines is 3. The van der Waals surface area contributed by atoms with E-state index in [0.29, 0.717) is 54.2 Å². The maximum absolute atomic E-state index is 13.4. The minimum Gasteiger partial charge on any atom is -1.00 e. The fourth-order valence-electron chi connectivity index (χ4n) is 13.1. The van der Waals surface area contributed by atoms with E-state index in [-0.39, 0.29) is 51.9 Å². The van der Waals surface area contributed by atoms with Crippen LogP contribution in [0.3, 0.4) is 0 Å². The second kappa shape index (κ2) is 37.8. The monoisotopic (exact) mass is 1430 g/mol. The molecule has 5 atom stereocenters. The number of pyridine rings is 2. The maximum atomic E-state index is 13.4. The number of amides is 2. The fraction of sp³-hybridized carbons (Fsp3) is 0.507. The molecule has 527 valence electrons. The van der Waals surface area contributed by atoms with Crippen molar-refractivity contribution >= 4 is 120 Å². The Morgan fingerprint density at radius 2 is 1.14 bits per heavy atom. The minimum absolute atomic E-state index is 0. The number of nitrogens with one attached hydrogen (secondary N) is 2. The Morgan fingerprint density at radius 3 is 1.66 bits per heavy atom. The molecule has 100 heavy (non-hydrogen) atoms. The molecule has 27 heteroatoms. The van der Waals surface area contributed by atoms with Crippen molar-refractivity contribution in [2.24, 2.45) is 22.7 Å². The summed E-state index contributed by atoms with van der Waals surface area (Å²) < 4.78 is 20.0. The Balaban J connectivity index is 0.000000178. The van der Waals surface area contributed by atoms with Gasteiger partial charge < -0.3 is 47.7 Å². The molecule has 7 N–H and O–H groups in total. The molecule has 8 aromatic rings. The topological polar surface area (TPSA) is 282 Å². The summed E-state index contributed by atoms with van der Waals surface area (Å²) in [4.78, 5) is 84.0. The average molecular weight is 1430 g/mol. The number of carbonyl (C=O) groups is 4. The van der Waals surface area contributed by atoms with E-state index in [1.54, 1.807) is 28.4 Å². The quantitative estimate of drug-likeness (QED) is 0.0497. The molecule has 0 spiro atoms. The third-order valence-corrected chi connectivity index (χ3v) is 22.0. The average Bonchev–Trinajstić information content (AvgIpc) is 1.75. The van der Waals surface area contributed by atoms with Gasteiger partial charge in [-0.1, -0.05) is 58.9 Å². The molecule has 0 bridgehead atoms. The summed E-state index contributed by atoms with van der Waals surface area (Å²) >= 11 is 5.36. The Bertz CT molecular complexity index is 4080. The van der Waals surface area contributed by atoms with Crippen LogP contribution in [0.4, 0.5) is 17.3 Å². The van der Waals surface area contributed by atoms with Crippen LogP contribution < -0.4 is 51.7 Å². The number of nitrogens with two attached hydrogens (primary N) is 2. The summed E-state index contributed by atoms with van der Waals surface area (Å²) in [6.45, 7) is 26.8. The molecule has 11 heterocycles. The number of aliphatic carboxylic acids is 1. The van der Waals surface area contributed by atoms with Gasteiger partial charge in [0.15, 0.2) is 0 Å². The molecule has 14 rings (SSSR count). The first kappa shape index (κ1) is 77.9. The van der Waals surface area contributed by atoms with Crippen LogP contribution in [0, 0.1) is 17.8 Å². The number of hydrogen-bond donors (Lipinski definition) is 5. The first-order valence-corrected chi connectivity index (χ1v) is 37.2. The number of ether oxygens (including phenoxy) is 3. The van der Waals surface area contributed by atoms with Crippen LogP contribution >= 0.6 is 34.0 Å². The van der Waals surface area contributed by atoms with E-state index in [1.165, 1.54) is 67.9 Å². The number of nitrogen functional groups attached to an aromatic ring is 2. The van der Waals surface area contributed by atoms with Crippen molar-refractivity contribution in [1.82, 2.24) is 49.8 Å². The Morgan fingerprint density at radius 1 is 0.630 bits per heavy atom. The molecular weight excluding hydrogens is 1330 g/mol. The van der Waals surface area contributed by atoms with Gasteiger partial charge in [-0.2, -0.15) is 0 Å². The Labute approximate surface area is 624 Å². The van der Waals surface area contributed by atoms with Crippen molar-refractivity contribution in [3.05, 3.63) is 128 Å². The van der Waals surface area contributed by atoms with E-state index in [2.05, 4.69) is 111 Å². The Kier molecular flexibility index (Phi) is 29.4. The normalized spacial score (nSPS) is 20.6.